The van der Waals surface area contributed by atoms with Crippen molar-refractivity contribution >= 4 is 6.29 Å². The molecule has 0 amide bonds. The molecule has 0 bridgehead atoms. The van der Waals surface area contributed by atoms with E-state index in [1.54, 1.807) is 0 Å². The summed E-state index contributed by atoms with van der Waals surface area (Å²) in [6, 6.07) is 16.2. The number of rotatable bonds is 8. The van der Waals surface area contributed by atoms with Crippen molar-refractivity contribution in [1.29, 1.82) is 0 Å². The lowest BCUT2D eigenvalue weighted by atomic mass is 9.99. The first kappa shape index (κ1) is 18.5. The second-order valence-electron chi connectivity index (χ2n) is 7.21. The van der Waals surface area contributed by atoms with Crippen LogP contribution in [0.1, 0.15) is 48.3 Å². The minimum atomic E-state index is 0.375. The van der Waals surface area contributed by atoms with Crippen molar-refractivity contribution in [2.45, 2.75) is 44.9 Å². The molecule has 0 radical (unpaired) electrons. The third-order valence-corrected chi connectivity index (χ3v) is 5.42. The quantitative estimate of drug-likeness (QED) is 0.511. The molecular formula is C24H25NO3. The lowest BCUT2D eigenvalue weighted by Crippen LogP contribution is -2.04. The van der Waals surface area contributed by atoms with E-state index >= 15 is 0 Å². The number of benzene rings is 2. The maximum absolute atomic E-state index is 10.8. The van der Waals surface area contributed by atoms with Crippen LogP contribution in [0.15, 0.2) is 52.9 Å². The zero-order chi connectivity index (χ0) is 19.3. The van der Waals surface area contributed by atoms with Crippen molar-refractivity contribution in [2.75, 3.05) is 6.61 Å². The van der Waals surface area contributed by atoms with Crippen LogP contribution in [0.25, 0.3) is 11.5 Å². The van der Waals surface area contributed by atoms with Crippen molar-refractivity contribution in [3.05, 3.63) is 71.1 Å². The van der Waals surface area contributed by atoms with Gasteiger partial charge in [0.25, 0.3) is 0 Å². The highest BCUT2D eigenvalue weighted by Crippen LogP contribution is 2.36. The zero-order valence-corrected chi connectivity index (χ0v) is 16.2. The maximum atomic E-state index is 10.8. The van der Waals surface area contributed by atoms with Gasteiger partial charge in [0.05, 0.1) is 12.3 Å². The Morgan fingerprint density at radius 3 is 2.86 bits per heavy atom. The summed E-state index contributed by atoms with van der Waals surface area (Å²) < 4.78 is 11.9. The minimum absolute atomic E-state index is 0.375. The van der Waals surface area contributed by atoms with E-state index in [0.717, 1.165) is 48.3 Å². The number of hydrogen-bond acceptors (Lipinski definition) is 4. The van der Waals surface area contributed by atoms with Crippen molar-refractivity contribution in [3.8, 4) is 17.2 Å². The van der Waals surface area contributed by atoms with Crippen LogP contribution in [-0.4, -0.2) is 17.9 Å². The standard InChI is InChI=1S/C24H25NO3/c1-2-23-22(25-24(28-23)18-6-4-3-5-7-18)13-15-27-20-10-11-21-17(12-14-26)8-9-19(21)16-20/h3-7,10-11,14,16-17H,2,8-9,12-13,15H2,1H3/t17-/m0/s1. The van der Waals surface area contributed by atoms with Crippen LogP contribution in [0.4, 0.5) is 0 Å². The summed E-state index contributed by atoms with van der Waals surface area (Å²) in [5.74, 6) is 2.86. The number of carbonyl (C=O) groups is 1. The highest BCUT2D eigenvalue weighted by molar-refractivity contribution is 5.54. The lowest BCUT2D eigenvalue weighted by Gasteiger charge is -2.10. The Morgan fingerprint density at radius 1 is 1.21 bits per heavy atom. The molecule has 0 saturated heterocycles. The molecule has 0 N–H and O–H groups in total. The molecule has 0 spiro atoms. The molecule has 0 aliphatic heterocycles. The van der Waals surface area contributed by atoms with Crippen LogP contribution in [-0.2, 0) is 24.1 Å². The molecule has 1 aromatic heterocycles. The Bertz CT molecular complexity index is 946. The van der Waals surface area contributed by atoms with E-state index in [1.165, 1.54) is 11.1 Å². The largest absolute Gasteiger partial charge is 0.493 e. The van der Waals surface area contributed by atoms with Crippen molar-refractivity contribution in [3.63, 3.8) is 0 Å². The molecule has 1 heterocycles. The fourth-order valence-corrected chi connectivity index (χ4v) is 3.96. The first-order valence-corrected chi connectivity index (χ1v) is 10.0. The summed E-state index contributed by atoms with van der Waals surface area (Å²) >= 11 is 0. The molecule has 1 aliphatic carbocycles. The van der Waals surface area contributed by atoms with Gasteiger partial charge < -0.3 is 13.9 Å². The Kier molecular flexibility index (Phi) is 5.56. The second kappa shape index (κ2) is 8.42. The number of aldehydes is 1. The minimum Gasteiger partial charge on any atom is -0.493 e. The zero-order valence-electron chi connectivity index (χ0n) is 16.2. The number of oxazole rings is 1. The van der Waals surface area contributed by atoms with E-state index in [4.69, 9.17) is 14.1 Å². The molecule has 0 fully saturated rings. The first-order valence-electron chi connectivity index (χ1n) is 10.0. The molecule has 0 unspecified atom stereocenters. The molecule has 28 heavy (non-hydrogen) atoms. The predicted octanol–water partition coefficient (Wildman–Crippen LogP) is 5.14. The fraction of sp³-hybridized carbons (Fsp3) is 0.333. The average molecular weight is 375 g/mol. The van der Waals surface area contributed by atoms with Gasteiger partial charge in [-0.15, -0.1) is 0 Å². The highest BCUT2D eigenvalue weighted by Gasteiger charge is 2.22. The van der Waals surface area contributed by atoms with Crippen molar-refractivity contribution in [2.24, 2.45) is 0 Å². The summed E-state index contributed by atoms with van der Waals surface area (Å²) in [5.41, 5.74) is 4.57. The van der Waals surface area contributed by atoms with Crippen LogP contribution in [0.5, 0.6) is 5.75 Å². The van der Waals surface area contributed by atoms with Gasteiger partial charge in [0, 0.05) is 24.8 Å². The van der Waals surface area contributed by atoms with E-state index in [0.29, 0.717) is 31.3 Å². The van der Waals surface area contributed by atoms with Gasteiger partial charge >= 0.3 is 0 Å². The number of aromatic nitrogens is 1. The Morgan fingerprint density at radius 2 is 2.07 bits per heavy atom. The second-order valence-corrected chi connectivity index (χ2v) is 7.21. The number of hydrogen-bond donors (Lipinski definition) is 0. The van der Waals surface area contributed by atoms with Gasteiger partial charge in [0.1, 0.15) is 17.8 Å². The van der Waals surface area contributed by atoms with E-state index < -0.39 is 0 Å². The van der Waals surface area contributed by atoms with Crippen molar-refractivity contribution < 1.29 is 13.9 Å². The van der Waals surface area contributed by atoms with Crippen LogP contribution in [0.2, 0.25) is 0 Å². The molecule has 4 nitrogen and oxygen atoms in total. The van der Waals surface area contributed by atoms with E-state index in [9.17, 15) is 4.79 Å². The normalized spacial score (nSPS) is 15.4. The summed E-state index contributed by atoms with van der Waals surface area (Å²) in [6.45, 7) is 2.64. The third kappa shape index (κ3) is 3.86. The number of nitrogens with zero attached hydrogens (tertiary/aromatic N) is 1. The average Bonchev–Trinajstić information content (AvgIpc) is 3.33. The molecule has 4 rings (SSSR count). The molecular weight excluding hydrogens is 350 g/mol. The summed E-state index contributed by atoms with van der Waals surface area (Å²) in [4.78, 5) is 15.5. The smallest absolute Gasteiger partial charge is 0.226 e. The van der Waals surface area contributed by atoms with Gasteiger partial charge in [-0.2, -0.15) is 0 Å². The van der Waals surface area contributed by atoms with Gasteiger partial charge in [0.2, 0.25) is 5.89 Å². The van der Waals surface area contributed by atoms with Crippen LogP contribution < -0.4 is 4.74 Å². The fourth-order valence-electron chi connectivity index (χ4n) is 3.96. The molecule has 144 valence electrons. The van der Waals surface area contributed by atoms with E-state index in [-0.39, 0.29) is 0 Å². The van der Waals surface area contributed by atoms with E-state index in [1.807, 2.05) is 36.4 Å². The van der Waals surface area contributed by atoms with Gasteiger partial charge in [-0.25, -0.2) is 4.98 Å². The predicted molar refractivity (Wildman–Crippen MR) is 109 cm³/mol. The molecule has 3 aromatic rings. The van der Waals surface area contributed by atoms with Gasteiger partial charge in [-0.05, 0) is 54.2 Å². The molecule has 2 aromatic carbocycles. The molecule has 0 saturated carbocycles. The number of fused-ring (bicyclic) bond motifs is 1. The SMILES string of the molecule is CCc1oc(-c2ccccc2)nc1CCOc1ccc2c(c1)CC[C@H]2CC=O. The summed E-state index contributed by atoms with van der Waals surface area (Å²) in [5, 5.41) is 0. The van der Waals surface area contributed by atoms with Crippen LogP contribution >= 0.6 is 0 Å². The summed E-state index contributed by atoms with van der Waals surface area (Å²) in [6.07, 6.45) is 5.24. The Balaban J connectivity index is 1.40. The van der Waals surface area contributed by atoms with Gasteiger partial charge in [-0.1, -0.05) is 31.2 Å². The van der Waals surface area contributed by atoms with Crippen molar-refractivity contribution in [1.82, 2.24) is 4.98 Å². The monoisotopic (exact) mass is 375 g/mol. The van der Waals surface area contributed by atoms with Gasteiger partial charge in [0.15, 0.2) is 0 Å². The first-order chi connectivity index (χ1) is 13.8. The van der Waals surface area contributed by atoms with E-state index in [2.05, 4.69) is 19.1 Å². The summed E-state index contributed by atoms with van der Waals surface area (Å²) in [7, 11) is 0. The van der Waals surface area contributed by atoms with Crippen LogP contribution in [0, 0.1) is 0 Å². The highest BCUT2D eigenvalue weighted by atomic mass is 16.5. The maximum Gasteiger partial charge on any atom is 0.226 e. The Labute approximate surface area is 165 Å². The van der Waals surface area contributed by atoms with Gasteiger partial charge in [-0.3, -0.25) is 0 Å². The third-order valence-electron chi connectivity index (χ3n) is 5.42. The molecule has 4 heteroatoms. The Hall–Kier alpha value is -2.88. The number of aryl methyl sites for hydroxylation is 2. The number of carbonyl (C=O) groups excluding carboxylic acids is 1. The van der Waals surface area contributed by atoms with Crippen LogP contribution in [0.3, 0.4) is 0 Å². The topological polar surface area (TPSA) is 52.3 Å². The molecule has 1 aliphatic rings. The number of ether oxygens (including phenoxy) is 1. The molecule has 1 atom stereocenters. The lowest BCUT2D eigenvalue weighted by molar-refractivity contribution is -0.108.